The van der Waals surface area contributed by atoms with Crippen LogP contribution < -0.4 is 5.73 Å². The van der Waals surface area contributed by atoms with Gasteiger partial charge in [0.1, 0.15) is 5.82 Å². The van der Waals surface area contributed by atoms with Crippen LogP contribution in [0.5, 0.6) is 0 Å². The highest BCUT2D eigenvalue weighted by molar-refractivity contribution is 9.10. The van der Waals surface area contributed by atoms with E-state index < -0.39 is 0 Å². The molecule has 0 aliphatic carbocycles. The van der Waals surface area contributed by atoms with E-state index in [9.17, 15) is 0 Å². The van der Waals surface area contributed by atoms with Crippen LogP contribution in [0.3, 0.4) is 0 Å². The van der Waals surface area contributed by atoms with E-state index >= 15 is 0 Å². The minimum Gasteiger partial charge on any atom is -0.330 e. The minimum atomic E-state index is 0.604. The molecule has 2 aromatic rings. The van der Waals surface area contributed by atoms with Crippen molar-refractivity contribution >= 4 is 27.0 Å². The standard InChI is InChI=1S/C13H18BrN3/c1-9(2)8-17-12-4-3-10(14)7-11(12)16-13(17)5-6-15/h3-4,7,9H,5-6,8,15H2,1-2H3. The molecular formula is C13H18BrN3. The number of benzene rings is 1. The van der Waals surface area contributed by atoms with Crippen molar-refractivity contribution in [3.63, 3.8) is 0 Å². The van der Waals surface area contributed by atoms with Crippen LogP contribution in [0.4, 0.5) is 0 Å². The lowest BCUT2D eigenvalue weighted by Crippen LogP contribution is -2.12. The number of hydrogen-bond donors (Lipinski definition) is 1. The highest BCUT2D eigenvalue weighted by Gasteiger charge is 2.11. The Morgan fingerprint density at radius 2 is 2.18 bits per heavy atom. The first-order valence-corrected chi connectivity index (χ1v) is 6.76. The van der Waals surface area contributed by atoms with Crippen LogP contribution in [0.2, 0.25) is 0 Å². The maximum atomic E-state index is 5.65. The van der Waals surface area contributed by atoms with Gasteiger partial charge >= 0.3 is 0 Å². The summed E-state index contributed by atoms with van der Waals surface area (Å²) >= 11 is 3.48. The van der Waals surface area contributed by atoms with E-state index in [0.29, 0.717) is 12.5 Å². The molecule has 1 aromatic carbocycles. The molecule has 0 amide bonds. The number of fused-ring (bicyclic) bond motifs is 1. The van der Waals surface area contributed by atoms with Crippen LogP contribution in [-0.2, 0) is 13.0 Å². The Labute approximate surface area is 110 Å². The second-order valence-electron chi connectivity index (χ2n) is 4.70. The number of rotatable bonds is 4. The van der Waals surface area contributed by atoms with Crippen molar-refractivity contribution in [3.05, 3.63) is 28.5 Å². The Kier molecular flexibility index (Phi) is 3.84. The first-order valence-electron chi connectivity index (χ1n) is 5.96. The summed E-state index contributed by atoms with van der Waals surface area (Å²) in [5.41, 5.74) is 7.89. The molecule has 1 aromatic heterocycles. The maximum absolute atomic E-state index is 5.65. The van der Waals surface area contributed by atoms with E-state index in [1.165, 1.54) is 5.52 Å². The number of nitrogens with zero attached hydrogens (tertiary/aromatic N) is 2. The Hall–Kier alpha value is -0.870. The van der Waals surface area contributed by atoms with Crippen LogP contribution in [-0.4, -0.2) is 16.1 Å². The number of hydrogen-bond acceptors (Lipinski definition) is 2. The molecule has 0 atom stereocenters. The predicted molar refractivity (Wildman–Crippen MR) is 75.0 cm³/mol. The van der Waals surface area contributed by atoms with Crippen LogP contribution >= 0.6 is 15.9 Å². The molecule has 92 valence electrons. The van der Waals surface area contributed by atoms with Crippen molar-refractivity contribution < 1.29 is 0 Å². The Morgan fingerprint density at radius 3 is 2.82 bits per heavy atom. The molecule has 3 nitrogen and oxygen atoms in total. The van der Waals surface area contributed by atoms with Gasteiger partial charge in [0, 0.05) is 17.4 Å². The number of nitrogens with two attached hydrogens (primary N) is 1. The van der Waals surface area contributed by atoms with Gasteiger partial charge in [-0.15, -0.1) is 0 Å². The van der Waals surface area contributed by atoms with Gasteiger partial charge in [-0.25, -0.2) is 4.98 Å². The first-order chi connectivity index (χ1) is 8.11. The van der Waals surface area contributed by atoms with Gasteiger partial charge in [-0.1, -0.05) is 29.8 Å². The van der Waals surface area contributed by atoms with Crippen molar-refractivity contribution in [1.29, 1.82) is 0 Å². The molecule has 0 unspecified atom stereocenters. The molecule has 0 radical (unpaired) electrons. The lowest BCUT2D eigenvalue weighted by Gasteiger charge is -2.11. The summed E-state index contributed by atoms with van der Waals surface area (Å²) < 4.78 is 3.36. The normalized spacial score (nSPS) is 11.6. The van der Waals surface area contributed by atoms with Gasteiger partial charge < -0.3 is 10.3 Å². The van der Waals surface area contributed by atoms with Gasteiger partial charge in [0.05, 0.1) is 11.0 Å². The summed E-state index contributed by atoms with van der Waals surface area (Å²) in [6.07, 6.45) is 0.832. The highest BCUT2D eigenvalue weighted by Crippen LogP contribution is 2.22. The summed E-state index contributed by atoms with van der Waals surface area (Å²) in [6.45, 7) is 6.07. The fourth-order valence-electron chi connectivity index (χ4n) is 2.04. The fourth-order valence-corrected chi connectivity index (χ4v) is 2.39. The maximum Gasteiger partial charge on any atom is 0.111 e. The predicted octanol–water partition coefficient (Wildman–Crippen LogP) is 2.96. The van der Waals surface area contributed by atoms with Crippen LogP contribution in [0.25, 0.3) is 11.0 Å². The Morgan fingerprint density at radius 1 is 1.41 bits per heavy atom. The smallest absolute Gasteiger partial charge is 0.111 e. The van der Waals surface area contributed by atoms with Crippen LogP contribution in [0.1, 0.15) is 19.7 Å². The van der Waals surface area contributed by atoms with Gasteiger partial charge in [0.15, 0.2) is 0 Å². The van der Waals surface area contributed by atoms with E-state index in [4.69, 9.17) is 5.73 Å². The van der Waals surface area contributed by atoms with Gasteiger partial charge in [-0.3, -0.25) is 0 Å². The molecule has 0 aliphatic rings. The third-order valence-electron chi connectivity index (χ3n) is 2.71. The van der Waals surface area contributed by atoms with E-state index in [1.807, 2.05) is 0 Å². The van der Waals surface area contributed by atoms with Crippen molar-refractivity contribution in [2.45, 2.75) is 26.8 Å². The Bertz CT molecular complexity index is 517. The molecule has 0 saturated carbocycles. The SMILES string of the molecule is CC(C)Cn1c(CCN)nc2cc(Br)ccc21. The summed E-state index contributed by atoms with van der Waals surface area (Å²) in [5, 5.41) is 0. The second-order valence-corrected chi connectivity index (χ2v) is 5.62. The molecule has 0 spiro atoms. The molecular weight excluding hydrogens is 278 g/mol. The van der Waals surface area contributed by atoms with Crippen LogP contribution in [0, 0.1) is 5.92 Å². The van der Waals surface area contributed by atoms with E-state index in [1.54, 1.807) is 0 Å². The number of imidazole rings is 1. The summed E-state index contributed by atoms with van der Waals surface area (Å²) in [6, 6.07) is 6.24. The molecule has 0 aliphatic heterocycles. The van der Waals surface area contributed by atoms with E-state index in [2.05, 4.69) is 57.5 Å². The molecule has 4 heteroatoms. The third kappa shape index (κ3) is 2.69. The average Bonchev–Trinajstić information content (AvgIpc) is 2.56. The molecule has 0 fully saturated rings. The monoisotopic (exact) mass is 295 g/mol. The van der Waals surface area contributed by atoms with Crippen LogP contribution in [0.15, 0.2) is 22.7 Å². The van der Waals surface area contributed by atoms with Crippen molar-refractivity contribution in [1.82, 2.24) is 9.55 Å². The molecule has 2 rings (SSSR count). The molecule has 1 heterocycles. The molecule has 0 bridgehead atoms. The summed E-state index contributed by atoms with van der Waals surface area (Å²) in [7, 11) is 0. The molecule has 0 saturated heterocycles. The number of aromatic nitrogens is 2. The lowest BCUT2D eigenvalue weighted by atomic mass is 10.2. The highest BCUT2D eigenvalue weighted by atomic mass is 79.9. The first kappa shape index (κ1) is 12.6. The van der Waals surface area contributed by atoms with Gasteiger partial charge in [0.25, 0.3) is 0 Å². The van der Waals surface area contributed by atoms with Gasteiger partial charge in [0.2, 0.25) is 0 Å². The zero-order valence-electron chi connectivity index (χ0n) is 10.3. The van der Waals surface area contributed by atoms with Gasteiger partial charge in [-0.2, -0.15) is 0 Å². The molecule has 2 N–H and O–H groups in total. The molecule has 17 heavy (non-hydrogen) atoms. The minimum absolute atomic E-state index is 0.604. The second kappa shape index (κ2) is 5.19. The third-order valence-corrected chi connectivity index (χ3v) is 3.20. The van der Waals surface area contributed by atoms with Gasteiger partial charge in [-0.05, 0) is 30.7 Å². The fraction of sp³-hybridized carbons (Fsp3) is 0.462. The zero-order valence-corrected chi connectivity index (χ0v) is 11.9. The van der Waals surface area contributed by atoms with Crippen molar-refractivity contribution in [3.8, 4) is 0 Å². The number of halogens is 1. The summed E-state index contributed by atoms with van der Waals surface area (Å²) in [4.78, 5) is 4.67. The summed E-state index contributed by atoms with van der Waals surface area (Å²) in [5.74, 6) is 1.70. The van der Waals surface area contributed by atoms with Crippen molar-refractivity contribution in [2.75, 3.05) is 6.54 Å². The topological polar surface area (TPSA) is 43.8 Å². The largest absolute Gasteiger partial charge is 0.330 e. The lowest BCUT2D eigenvalue weighted by molar-refractivity contribution is 0.517. The zero-order chi connectivity index (χ0) is 12.4. The quantitative estimate of drug-likeness (QED) is 0.942. The van der Waals surface area contributed by atoms with E-state index in [-0.39, 0.29) is 0 Å². The van der Waals surface area contributed by atoms with E-state index in [0.717, 1.165) is 28.8 Å². The van der Waals surface area contributed by atoms with Crippen molar-refractivity contribution in [2.24, 2.45) is 11.7 Å². The average molecular weight is 296 g/mol. The Balaban J connectivity index is 2.54.